The number of hydrogen-bond acceptors (Lipinski definition) is 2. The van der Waals surface area contributed by atoms with Crippen molar-refractivity contribution < 1.29 is 4.74 Å². The summed E-state index contributed by atoms with van der Waals surface area (Å²) in [6.07, 6.45) is 0. The van der Waals surface area contributed by atoms with Crippen molar-refractivity contribution in [3.8, 4) is 5.75 Å². The molecular weight excluding hydrogens is 374 g/mol. The average molecular weight is 396 g/mol. The predicted molar refractivity (Wildman–Crippen MR) is 108 cm³/mol. The third-order valence-corrected chi connectivity index (χ3v) is 4.86. The van der Waals surface area contributed by atoms with Crippen molar-refractivity contribution in [2.75, 3.05) is 5.32 Å². The number of anilines is 1. The lowest BCUT2D eigenvalue weighted by atomic mass is 10.1. The lowest BCUT2D eigenvalue weighted by molar-refractivity contribution is 0.304. The van der Waals surface area contributed by atoms with E-state index in [0.29, 0.717) is 6.61 Å². The molecule has 0 fully saturated rings. The monoisotopic (exact) mass is 395 g/mol. The van der Waals surface area contributed by atoms with Gasteiger partial charge in [0.05, 0.1) is 4.47 Å². The van der Waals surface area contributed by atoms with Gasteiger partial charge in [-0.3, -0.25) is 0 Å². The zero-order valence-electron chi connectivity index (χ0n) is 14.6. The highest BCUT2D eigenvalue weighted by Gasteiger charge is 2.04. The third kappa shape index (κ3) is 4.86. The second-order valence-electron chi connectivity index (χ2n) is 6.19. The number of halogens is 1. The summed E-state index contributed by atoms with van der Waals surface area (Å²) >= 11 is 3.62. The quantitative estimate of drug-likeness (QED) is 0.531. The molecule has 3 aromatic carbocycles. The van der Waals surface area contributed by atoms with Gasteiger partial charge in [-0.05, 0) is 76.3 Å². The van der Waals surface area contributed by atoms with Crippen LogP contribution in [0.15, 0.2) is 71.2 Å². The zero-order chi connectivity index (χ0) is 17.6. The first-order valence-electron chi connectivity index (χ1n) is 8.38. The number of ether oxygens (including phenoxy) is 1. The molecule has 3 heteroatoms. The largest absolute Gasteiger partial charge is 0.488 e. The number of nitrogens with one attached hydrogen (secondary N) is 1. The lowest BCUT2D eigenvalue weighted by Crippen LogP contribution is -2.01. The molecule has 0 bridgehead atoms. The standard InChI is InChI=1S/C22H22BrNO/c1-16-8-10-20(12-17(16)2)24-14-19-9-11-22(21(23)13-19)25-15-18-6-4-3-5-7-18/h3-13,24H,14-15H2,1-2H3. The summed E-state index contributed by atoms with van der Waals surface area (Å²) in [5, 5.41) is 3.47. The molecule has 0 heterocycles. The van der Waals surface area contributed by atoms with Crippen LogP contribution in [0, 0.1) is 13.8 Å². The molecule has 0 aliphatic heterocycles. The summed E-state index contributed by atoms with van der Waals surface area (Å²) in [6, 6.07) is 22.9. The summed E-state index contributed by atoms with van der Waals surface area (Å²) in [5.41, 5.74) is 6.12. The van der Waals surface area contributed by atoms with Gasteiger partial charge in [0.15, 0.2) is 0 Å². The van der Waals surface area contributed by atoms with Gasteiger partial charge in [-0.15, -0.1) is 0 Å². The van der Waals surface area contributed by atoms with Crippen LogP contribution in [0.3, 0.4) is 0 Å². The van der Waals surface area contributed by atoms with E-state index in [1.54, 1.807) is 0 Å². The third-order valence-electron chi connectivity index (χ3n) is 4.24. The van der Waals surface area contributed by atoms with Crippen LogP contribution in [0.4, 0.5) is 5.69 Å². The molecule has 128 valence electrons. The maximum Gasteiger partial charge on any atom is 0.134 e. The molecule has 0 atom stereocenters. The molecule has 3 aromatic rings. The normalized spacial score (nSPS) is 10.5. The van der Waals surface area contributed by atoms with Crippen LogP contribution in [0.5, 0.6) is 5.75 Å². The zero-order valence-corrected chi connectivity index (χ0v) is 16.1. The van der Waals surface area contributed by atoms with Crippen molar-refractivity contribution in [2.45, 2.75) is 27.0 Å². The van der Waals surface area contributed by atoms with E-state index in [9.17, 15) is 0 Å². The van der Waals surface area contributed by atoms with Crippen molar-refractivity contribution >= 4 is 21.6 Å². The van der Waals surface area contributed by atoms with Gasteiger partial charge in [0.2, 0.25) is 0 Å². The molecule has 25 heavy (non-hydrogen) atoms. The summed E-state index contributed by atoms with van der Waals surface area (Å²) in [7, 11) is 0. The maximum atomic E-state index is 5.90. The molecule has 0 saturated heterocycles. The van der Waals surface area contributed by atoms with E-state index < -0.39 is 0 Å². The van der Waals surface area contributed by atoms with Crippen LogP contribution < -0.4 is 10.1 Å². The van der Waals surface area contributed by atoms with Crippen LogP contribution in [-0.4, -0.2) is 0 Å². The van der Waals surface area contributed by atoms with Gasteiger partial charge in [-0.2, -0.15) is 0 Å². The molecular formula is C22H22BrNO. The van der Waals surface area contributed by atoms with E-state index in [1.165, 1.54) is 16.7 Å². The summed E-state index contributed by atoms with van der Waals surface area (Å²) < 4.78 is 6.88. The summed E-state index contributed by atoms with van der Waals surface area (Å²) in [5.74, 6) is 0.860. The van der Waals surface area contributed by atoms with Gasteiger partial charge in [-0.1, -0.05) is 42.5 Å². The van der Waals surface area contributed by atoms with Crippen molar-refractivity contribution in [2.24, 2.45) is 0 Å². The molecule has 0 spiro atoms. The van der Waals surface area contributed by atoms with E-state index in [4.69, 9.17) is 4.74 Å². The van der Waals surface area contributed by atoms with Crippen LogP contribution >= 0.6 is 15.9 Å². The fourth-order valence-electron chi connectivity index (χ4n) is 2.56. The summed E-state index contributed by atoms with van der Waals surface area (Å²) in [4.78, 5) is 0. The smallest absolute Gasteiger partial charge is 0.134 e. The van der Waals surface area contributed by atoms with Gasteiger partial charge in [0, 0.05) is 12.2 Å². The van der Waals surface area contributed by atoms with Crippen molar-refractivity contribution in [1.29, 1.82) is 0 Å². The molecule has 0 aliphatic rings. The minimum Gasteiger partial charge on any atom is -0.488 e. The molecule has 2 nitrogen and oxygen atoms in total. The van der Waals surface area contributed by atoms with Crippen LogP contribution in [0.1, 0.15) is 22.3 Å². The Hall–Kier alpha value is -2.26. The van der Waals surface area contributed by atoms with Crippen LogP contribution in [0.25, 0.3) is 0 Å². The number of rotatable bonds is 6. The maximum absolute atomic E-state index is 5.90. The highest BCUT2D eigenvalue weighted by molar-refractivity contribution is 9.10. The Kier molecular flexibility index (Phi) is 5.77. The molecule has 0 saturated carbocycles. The minimum atomic E-state index is 0.569. The fraction of sp³-hybridized carbons (Fsp3) is 0.182. The topological polar surface area (TPSA) is 21.3 Å². The van der Waals surface area contributed by atoms with Crippen molar-refractivity contribution in [3.63, 3.8) is 0 Å². The van der Waals surface area contributed by atoms with E-state index >= 15 is 0 Å². The second kappa shape index (κ2) is 8.21. The summed E-state index contributed by atoms with van der Waals surface area (Å²) in [6.45, 7) is 5.61. The van der Waals surface area contributed by atoms with E-state index in [-0.39, 0.29) is 0 Å². The Bertz CT molecular complexity index is 846. The first-order valence-corrected chi connectivity index (χ1v) is 9.17. The van der Waals surface area contributed by atoms with Crippen LogP contribution in [0.2, 0.25) is 0 Å². The molecule has 0 radical (unpaired) electrons. The van der Waals surface area contributed by atoms with E-state index in [1.807, 2.05) is 24.3 Å². The van der Waals surface area contributed by atoms with Gasteiger partial charge in [0.25, 0.3) is 0 Å². The lowest BCUT2D eigenvalue weighted by Gasteiger charge is -2.12. The predicted octanol–water partition coefficient (Wildman–Crippen LogP) is 6.26. The SMILES string of the molecule is Cc1ccc(NCc2ccc(OCc3ccccc3)c(Br)c2)cc1C. The Balaban J connectivity index is 1.60. The number of hydrogen-bond donors (Lipinski definition) is 1. The molecule has 0 unspecified atom stereocenters. The first kappa shape index (κ1) is 17.6. The second-order valence-corrected chi connectivity index (χ2v) is 7.05. The Morgan fingerprint density at radius 2 is 1.64 bits per heavy atom. The Morgan fingerprint density at radius 1 is 0.840 bits per heavy atom. The molecule has 3 rings (SSSR count). The van der Waals surface area contributed by atoms with E-state index in [0.717, 1.165) is 28.0 Å². The van der Waals surface area contributed by atoms with Gasteiger partial charge >= 0.3 is 0 Å². The number of benzene rings is 3. The molecule has 0 amide bonds. The van der Waals surface area contributed by atoms with Gasteiger partial charge in [-0.25, -0.2) is 0 Å². The Labute approximate surface area is 158 Å². The molecule has 0 aliphatic carbocycles. The first-order chi connectivity index (χ1) is 12.1. The average Bonchev–Trinajstić information content (AvgIpc) is 2.63. The highest BCUT2D eigenvalue weighted by atomic mass is 79.9. The van der Waals surface area contributed by atoms with Crippen molar-refractivity contribution in [1.82, 2.24) is 0 Å². The van der Waals surface area contributed by atoms with Crippen LogP contribution in [-0.2, 0) is 13.2 Å². The molecule has 0 aromatic heterocycles. The van der Waals surface area contributed by atoms with Gasteiger partial charge in [0.1, 0.15) is 12.4 Å². The fourth-order valence-corrected chi connectivity index (χ4v) is 3.10. The highest BCUT2D eigenvalue weighted by Crippen LogP contribution is 2.27. The van der Waals surface area contributed by atoms with Gasteiger partial charge < -0.3 is 10.1 Å². The molecule has 1 N–H and O–H groups in total. The van der Waals surface area contributed by atoms with E-state index in [2.05, 4.69) is 77.6 Å². The number of aryl methyl sites for hydroxylation is 2. The minimum absolute atomic E-state index is 0.569. The van der Waals surface area contributed by atoms with Crippen molar-refractivity contribution in [3.05, 3.63) is 93.5 Å². The Morgan fingerprint density at radius 3 is 2.36 bits per heavy atom.